The highest BCUT2D eigenvalue weighted by molar-refractivity contribution is 9.10. The molecule has 3 aromatic carbocycles. The van der Waals surface area contributed by atoms with Crippen LogP contribution in [0.15, 0.2) is 98.2 Å². The predicted molar refractivity (Wildman–Crippen MR) is 154 cm³/mol. The lowest BCUT2D eigenvalue weighted by molar-refractivity contribution is -0.125. The molecule has 10 nitrogen and oxygen atoms in total. The molecule has 0 radical (unpaired) electrons. The molecule has 0 unspecified atom stereocenters. The van der Waals surface area contributed by atoms with Crippen molar-refractivity contribution >= 4 is 53.8 Å². The zero-order chi connectivity index (χ0) is 28.2. The van der Waals surface area contributed by atoms with Gasteiger partial charge in [0, 0.05) is 38.2 Å². The average molecular weight is 635 g/mol. The van der Waals surface area contributed by atoms with Crippen LogP contribution in [0, 0.1) is 0 Å². The molecule has 0 bridgehead atoms. The van der Waals surface area contributed by atoms with Gasteiger partial charge in [-0.15, -0.1) is 0 Å². The van der Waals surface area contributed by atoms with E-state index in [0.29, 0.717) is 5.56 Å². The van der Waals surface area contributed by atoms with Crippen molar-refractivity contribution in [3.8, 4) is 0 Å². The first kappa shape index (κ1) is 28.9. The van der Waals surface area contributed by atoms with Gasteiger partial charge < -0.3 is 4.90 Å². The summed E-state index contributed by atoms with van der Waals surface area (Å²) in [4.78, 5) is 15.3. The highest BCUT2D eigenvalue weighted by atomic mass is 79.9. The van der Waals surface area contributed by atoms with E-state index in [0.717, 1.165) is 18.8 Å². The molecule has 0 aromatic heterocycles. The van der Waals surface area contributed by atoms with E-state index in [-0.39, 0.29) is 29.4 Å². The maximum Gasteiger partial charge on any atom is 0.259 e. The van der Waals surface area contributed by atoms with Crippen molar-refractivity contribution < 1.29 is 21.6 Å². The van der Waals surface area contributed by atoms with Crippen LogP contribution in [0.5, 0.6) is 0 Å². The van der Waals surface area contributed by atoms with Gasteiger partial charge >= 0.3 is 0 Å². The average Bonchev–Trinajstić information content (AvgIpc) is 2.93. The number of anilines is 1. The molecule has 1 heterocycles. The van der Waals surface area contributed by atoms with Crippen LogP contribution in [-0.2, 0) is 24.8 Å². The first-order valence-corrected chi connectivity index (χ1v) is 15.6. The molecule has 1 atom stereocenters. The van der Waals surface area contributed by atoms with Crippen molar-refractivity contribution in [2.45, 2.75) is 15.8 Å². The van der Waals surface area contributed by atoms with Crippen molar-refractivity contribution in [2.24, 2.45) is 5.10 Å². The minimum absolute atomic E-state index is 0.0106. The second-order valence-electron chi connectivity index (χ2n) is 8.96. The van der Waals surface area contributed by atoms with E-state index in [1.807, 2.05) is 37.2 Å². The van der Waals surface area contributed by atoms with Gasteiger partial charge in [-0.1, -0.05) is 42.5 Å². The van der Waals surface area contributed by atoms with Gasteiger partial charge in [0.15, 0.2) is 0 Å². The summed E-state index contributed by atoms with van der Waals surface area (Å²) >= 11 is 3.50. The molecule has 3 aromatic rings. The van der Waals surface area contributed by atoms with Crippen LogP contribution in [-0.4, -0.2) is 77.3 Å². The van der Waals surface area contributed by atoms with E-state index < -0.39 is 32.0 Å². The molecular formula is C26H28BrN5O5S2. The van der Waals surface area contributed by atoms with Gasteiger partial charge in [0.1, 0.15) is 6.04 Å². The quantitative estimate of drug-likeness (QED) is 0.301. The number of benzene rings is 3. The molecule has 13 heteroatoms. The number of hydrogen-bond acceptors (Lipinski definition) is 7. The Morgan fingerprint density at radius 2 is 1.51 bits per heavy atom. The number of carbonyl (C=O) groups is 1. The number of nitrogens with one attached hydrogen (secondary N) is 1. The fraction of sp³-hybridized carbons (Fsp3) is 0.231. The Kier molecular flexibility index (Phi) is 8.86. The molecule has 1 N–H and O–H groups in total. The summed E-state index contributed by atoms with van der Waals surface area (Å²) in [6.45, 7) is -0.680. The number of hydrazone groups is 1. The molecule has 0 aliphatic carbocycles. The Morgan fingerprint density at radius 1 is 0.923 bits per heavy atom. The lowest BCUT2D eigenvalue weighted by Crippen LogP contribution is -2.60. The van der Waals surface area contributed by atoms with E-state index in [9.17, 15) is 21.6 Å². The molecule has 1 amide bonds. The number of rotatable bonds is 8. The summed E-state index contributed by atoms with van der Waals surface area (Å²) in [5.74, 6) is -0.748. The van der Waals surface area contributed by atoms with Gasteiger partial charge in [0.05, 0.1) is 21.7 Å². The largest absolute Gasteiger partial charge is 0.377 e. The number of halogens is 1. The lowest BCUT2D eigenvalue weighted by Gasteiger charge is -2.38. The zero-order valence-corrected chi connectivity index (χ0v) is 24.5. The van der Waals surface area contributed by atoms with Gasteiger partial charge in [0.2, 0.25) is 20.0 Å². The Balaban J connectivity index is 1.60. The van der Waals surface area contributed by atoms with E-state index in [1.165, 1.54) is 30.5 Å². The highest BCUT2D eigenvalue weighted by Gasteiger charge is 2.43. The number of amides is 1. The summed E-state index contributed by atoms with van der Waals surface area (Å²) in [6, 6.07) is 19.7. The molecule has 0 spiro atoms. The Labute approximate surface area is 237 Å². The number of sulfonamides is 2. The van der Waals surface area contributed by atoms with Crippen LogP contribution < -0.4 is 10.3 Å². The van der Waals surface area contributed by atoms with Crippen molar-refractivity contribution in [1.29, 1.82) is 0 Å². The van der Waals surface area contributed by atoms with E-state index in [1.54, 1.807) is 36.4 Å². The monoisotopic (exact) mass is 633 g/mol. The van der Waals surface area contributed by atoms with Crippen molar-refractivity contribution in [3.05, 3.63) is 88.9 Å². The maximum atomic E-state index is 13.5. The van der Waals surface area contributed by atoms with Gasteiger partial charge in [-0.2, -0.15) is 13.7 Å². The maximum absolute atomic E-state index is 13.5. The molecule has 0 saturated carbocycles. The number of hydrogen-bond donors (Lipinski definition) is 1. The van der Waals surface area contributed by atoms with Crippen LogP contribution in [0.3, 0.4) is 0 Å². The third-order valence-corrected chi connectivity index (χ3v) is 10.6. The van der Waals surface area contributed by atoms with E-state index >= 15 is 0 Å². The molecule has 206 valence electrons. The predicted octanol–water partition coefficient (Wildman–Crippen LogP) is 2.73. The van der Waals surface area contributed by atoms with Crippen LogP contribution in [0.2, 0.25) is 0 Å². The van der Waals surface area contributed by atoms with Gasteiger partial charge in [-0.3, -0.25) is 4.79 Å². The Morgan fingerprint density at radius 3 is 2.08 bits per heavy atom. The summed E-state index contributed by atoms with van der Waals surface area (Å²) in [5, 5.41) is 4.02. The Hall–Kier alpha value is -3.10. The van der Waals surface area contributed by atoms with E-state index in [2.05, 4.69) is 26.5 Å². The van der Waals surface area contributed by atoms with Crippen LogP contribution in [0.4, 0.5) is 5.69 Å². The third kappa shape index (κ3) is 6.39. The highest BCUT2D eigenvalue weighted by Crippen LogP contribution is 2.26. The number of carbonyl (C=O) groups excluding carboxylic acids is 1. The molecule has 1 aliphatic heterocycles. The summed E-state index contributed by atoms with van der Waals surface area (Å²) in [5.41, 5.74) is 4.05. The Bertz CT molecular complexity index is 1570. The minimum Gasteiger partial charge on any atom is -0.377 e. The minimum atomic E-state index is -4.10. The molecule has 1 saturated heterocycles. The number of piperazine rings is 1. The van der Waals surface area contributed by atoms with Crippen LogP contribution in [0.1, 0.15) is 5.56 Å². The normalized spacial score (nSPS) is 17.3. The van der Waals surface area contributed by atoms with E-state index in [4.69, 9.17) is 0 Å². The fourth-order valence-electron chi connectivity index (χ4n) is 4.14. The first-order chi connectivity index (χ1) is 18.5. The van der Waals surface area contributed by atoms with Gasteiger partial charge in [-0.05, 0) is 57.9 Å². The molecule has 4 rings (SSSR count). The van der Waals surface area contributed by atoms with Crippen molar-refractivity contribution in [2.75, 3.05) is 38.6 Å². The molecule has 1 aliphatic rings. The first-order valence-electron chi connectivity index (χ1n) is 11.9. The SMILES string of the molecule is CN(C)c1ccc(/C=N\NC(=O)[C@H]2CN(S(=O)(=O)c3ccccc3)CCN2S(=O)(=O)c2ccccc2)cc1Br. The second-order valence-corrected chi connectivity index (χ2v) is 13.6. The third-order valence-electron chi connectivity index (χ3n) is 6.17. The summed E-state index contributed by atoms with van der Waals surface area (Å²) in [6.07, 6.45) is 1.43. The van der Waals surface area contributed by atoms with Crippen molar-refractivity contribution in [3.63, 3.8) is 0 Å². The fourth-order valence-corrected chi connectivity index (χ4v) is 7.94. The standard InChI is InChI=1S/C26H28BrN5O5S2/c1-30(2)24-14-13-20(17-23(24)27)18-28-29-26(33)25-19-31(38(34,35)21-9-5-3-6-10-21)15-16-32(25)39(36,37)22-11-7-4-8-12-22/h3-14,17-18,25H,15-16,19H2,1-2H3,(H,29,33)/b28-18-/t25-/m1/s1. The second kappa shape index (κ2) is 12.0. The molecular weight excluding hydrogens is 606 g/mol. The molecule has 1 fully saturated rings. The van der Waals surface area contributed by atoms with Gasteiger partial charge in [0.25, 0.3) is 5.91 Å². The topological polar surface area (TPSA) is 119 Å². The molecule has 39 heavy (non-hydrogen) atoms. The van der Waals surface area contributed by atoms with Crippen LogP contribution >= 0.6 is 15.9 Å². The smallest absolute Gasteiger partial charge is 0.259 e. The number of nitrogens with zero attached hydrogens (tertiary/aromatic N) is 4. The lowest BCUT2D eigenvalue weighted by atomic mass is 10.2. The summed E-state index contributed by atoms with van der Waals surface area (Å²) in [7, 11) is -4.23. The van der Waals surface area contributed by atoms with Gasteiger partial charge in [-0.25, -0.2) is 22.3 Å². The van der Waals surface area contributed by atoms with Crippen LogP contribution in [0.25, 0.3) is 0 Å². The zero-order valence-electron chi connectivity index (χ0n) is 21.3. The summed E-state index contributed by atoms with van der Waals surface area (Å²) < 4.78 is 56.5. The van der Waals surface area contributed by atoms with Crippen molar-refractivity contribution in [1.82, 2.24) is 14.0 Å².